The summed E-state index contributed by atoms with van der Waals surface area (Å²) in [5.41, 5.74) is 0.903. The lowest BCUT2D eigenvalue weighted by Gasteiger charge is -1.88. The summed E-state index contributed by atoms with van der Waals surface area (Å²) in [6, 6.07) is 3.56. The standard InChI is InChI=1S/C6H7NO.CH4O3S/c8-5-6-1-3-7-4-2-6;1-5(2,3)4/h1-4,8H,5H2;1H3,(H,2,3,4). The molecule has 0 aliphatic rings. The van der Waals surface area contributed by atoms with Gasteiger partial charge in [-0.3, -0.25) is 9.54 Å². The fourth-order valence-electron chi connectivity index (χ4n) is 0.488. The van der Waals surface area contributed by atoms with E-state index in [0.717, 1.165) is 5.56 Å². The van der Waals surface area contributed by atoms with Gasteiger partial charge in [0.15, 0.2) is 0 Å². The Hall–Kier alpha value is -0.980. The first-order valence-electron chi connectivity index (χ1n) is 3.35. The molecule has 1 rings (SSSR count). The molecule has 2 N–H and O–H groups in total. The summed E-state index contributed by atoms with van der Waals surface area (Å²) >= 11 is 0. The molecule has 6 heteroatoms. The minimum Gasteiger partial charge on any atom is -0.392 e. The molecule has 0 aliphatic carbocycles. The smallest absolute Gasteiger partial charge is 0.261 e. The second-order valence-corrected chi connectivity index (χ2v) is 3.71. The number of hydrogen-bond acceptors (Lipinski definition) is 4. The Kier molecular flexibility index (Phi) is 5.20. The van der Waals surface area contributed by atoms with Gasteiger partial charge in [0.05, 0.1) is 12.9 Å². The Morgan fingerprint density at radius 3 is 2.00 bits per heavy atom. The van der Waals surface area contributed by atoms with Crippen molar-refractivity contribution in [3.8, 4) is 0 Å². The van der Waals surface area contributed by atoms with Gasteiger partial charge in [0.2, 0.25) is 0 Å². The lowest BCUT2D eigenvalue weighted by molar-refractivity contribution is 0.281. The van der Waals surface area contributed by atoms with Gasteiger partial charge in [-0.2, -0.15) is 8.42 Å². The topological polar surface area (TPSA) is 87.5 Å². The van der Waals surface area contributed by atoms with E-state index < -0.39 is 10.1 Å². The van der Waals surface area contributed by atoms with Crippen LogP contribution in [-0.2, 0) is 16.7 Å². The number of nitrogens with zero attached hydrogens (tertiary/aromatic N) is 1. The largest absolute Gasteiger partial charge is 0.392 e. The van der Waals surface area contributed by atoms with Crippen LogP contribution >= 0.6 is 0 Å². The zero-order chi connectivity index (χ0) is 10.3. The molecule has 1 heterocycles. The van der Waals surface area contributed by atoms with Gasteiger partial charge in [-0.25, -0.2) is 0 Å². The predicted octanol–water partition coefficient (Wildman–Crippen LogP) is 0.0779. The SMILES string of the molecule is CS(=O)(=O)O.OCc1ccncc1. The number of aromatic nitrogens is 1. The Balaban J connectivity index is 0.000000252. The monoisotopic (exact) mass is 205 g/mol. The molecule has 0 atom stereocenters. The van der Waals surface area contributed by atoms with Crippen LogP contribution in [0.2, 0.25) is 0 Å². The fraction of sp³-hybridized carbons (Fsp3) is 0.286. The number of pyridine rings is 1. The Bertz CT molecular complexity index is 314. The van der Waals surface area contributed by atoms with Crippen molar-refractivity contribution in [1.82, 2.24) is 4.98 Å². The molecule has 0 saturated carbocycles. The maximum absolute atomic E-state index is 9.19. The molecule has 1 aromatic rings. The molecule has 0 aromatic carbocycles. The molecule has 0 spiro atoms. The maximum atomic E-state index is 9.19. The second kappa shape index (κ2) is 5.63. The van der Waals surface area contributed by atoms with E-state index in [-0.39, 0.29) is 6.61 Å². The van der Waals surface area contributed by atoms with Crippen LogP contribution in [0.25, 0.3) is 0 Å². The summed E-state index contributed by atoms with van der Waals surface area (Å²) in [5.74, 6) is 0. The highest BCUT2D eigenvalue weighted by Gasteiger charge is 1.82. The van der Waals surface area contributed by atoms with Crippen LogP contribution in [0.1, 0.15) is 5.56 Å². The van der Waals surface area contributed by atoms with Crippen molar-refractivity contribution >= 4 is 10.1 Å². The highest BCUT2D eigenvalue weighted by Crippen LogP contribution is 1.92. The first kappa shape index (κ1) is 12.0. The van der Waals surface area contributed by atoms with Crippen molar-refractivity contribution in [2.75, 3.05) is 6.26 Å². The van der Waals surface area contributed by atoms with Crippen LogP contribution in [0.4, 0.5) is 0 Å². The van der Waals surface area contributed by atoms with Crippen LogP contribution in [0, 0.1) is 0 Å². The molecule has 0 amide bonds. The predicted molar refractivity (Wildman–Crippen MR) is 47.6 cm³/mol. The van der Waals surface area contributed by atoms with Gasteiger partial charge >= 0.3 is 0 Å². The lowest BCUT2D eigenvalue weighted by atomic mass is 10.3. The van der Waals surface area contributed by atoms with E-state index in [2.05, 4.69) is 4.98 Å². The van der Waals surface area contributed by atoms with E-state index in [9.17, 15) is 8.42 Å². The Labute approximate surface area is 76.8 Å². The third kappa shape index (κ3) is 11.0. The van der Waals surface area contributed by atoms with Gasteiger partial charge in [-0.05, 0) is 17.7 Å². The van der Waals surface area contributed by atoms with E-state index in [1.165, 1.54) is 0 Å². The summed E-state index contributed by atoms with van der Waals surface area (Å²) in [6.07, 6.45) is 4.03. The third-order valence-corrected chi connectivity index (χ3v) is 0.932. The van der Waals surface area contributed by atoms with Gasteiger partial charge in [0.1, 0.15) is 0 Å². The van der Waals surface area contributed by atoms with E-state index in [1.807, 2.05) is 0 Å². The summed E-state index contributed by atoms with van der Waals surface area (Å²) < 4.78 is 25.9. The number of hydrogen-bond donors (Lipinski definition) is 2. The second-order valence-electron chi connectivity index (χ2n) is 2.25. The van der Waals surface area contributed by atoms with Crippen molar-refractivity contribution in [3.05, 3.63) is 30.1 Å². The fourth-order valence-corrected chi connectivity index (χ4v) is 0.488. The van der Waals surface area contributed by atoms with Crippen molar-refractivity contribution in [2.24, 2.45) is 0 Å². The highest BCUT2D eigenvalue weighted by molar-refractivity contribution is 7.85. The van der Waals surface area contributed by atoms with E-state index in [1.54, 1.807) is 24.5 Å². The highest BCUT2D eigenvalue weighted by atomic mass is 32.2. The molecular formula is C7H11NO4S. The van der Waals surface area contributed by atoms with Crippen molar-refractivity contribution in [2.45, 2.75) is 6.61 Å². The first-order valence-corrected chi connectivity index (χ1v) is 5.20. The quantitative estimate of drug-likeness (QED) is 0.634. The van der Waals surface area contributed by atoms with Crippen LogP contribution in [0.15, 0.2) is 24.5 Å². The zero-order valence-corrected chi connectivity index (χ0v) is 7.90. The summed E-state index contributed by atoms with van der Waals surface area (Å²) in [7, 11) is -3.67. The minimum absolute atomic E-state index is 0.0997. The summed E-state index contributed by atoms with van der Waals surface area (Å²) in [4.78, 5) is 3.78. The van der Waals surface area contributed by atoms with Crippen LogP contribution in [-0.4, -0.2) is 29.3 Å². The molecular weight excluding hydrogens is 194 g/mol. The van der Waals surface area contributed by atoms with Crippen LogP contribution in [0.3, 0.4) is 0 Å². The van der Waals surface area contributed by atoms with E-state index >= 15 is 0 Å². The Morgan fingerprint density at radius 1 is 1.38 bits per heavy atom. The van der Waals surface area contributed by atoms with Gasteiger partial charge in [-0.15, -0.1) is 0 Å². The van der Waals surface area contributed by atoms with Gasteiger partial charge in [0.25, 0.3) is 10.1 Å². The molecule has 5 nitrogen and oxygen atoms in total. The van der Waals surface area contributed by atoms with E-state index in [4.69, 9.17) is 9.66 Å². The van der Waals surface area contributed by atoms with Gasteiger partial charge < -0.3 is 5.11 Å². The molecule has 0 bridgehead atoms. The van der Waals surface area contributed by atoms with Crippen molar-refractivity contribution in [3.63, 3.8) is 0 Å². The zero-order valence-electron chi connectivity index (χ0n) is 7.08. The van der Waals surface area contributed by atoms with Crippen LogP contribution in [0.5, 0.6) is 0 Å². The molecule has 74 valence electrons. The van der Waals surface area contributed by atoms with E-state index in [0.29, 0.717) is 6.26 Å². The van der Waals surface area contributed by atoms with Crippen molar-refractivity contribution < 1.29 is 18.1 Å². The van der Waals surface area contributed by atoms with Gasteiger partial charge in [0, 0.05) is 12.4 Å². The van der Waals surface area contributed by atoms with Crippen LogP contribution < -0.4 is 0 Å². The third-order valence-electron chi connectivity index (χ3n) is 0.932. The normalized spacial score (nSPS) is 10.1. The average Bonchev–Trinajstić information content (AvgIpc) is 2.03. The summed E-state index contributed by atoms with van der Waals surface area (Å²) in [6.45, 7) is 0.0997. The number of aliphatic hydroxyl groups excluding tert-OH is 1. The summed E-state index contributed by atoms with van der Waals surface area (Å²) in [5, 5.41) is 8.51. The van der Waals surface area contributed by atoms with Crippen molar-refractivity contribution in [1.29, 1.82) is 0 Å². The Morgan fingerprint density at radius 2 is 1.77 bits per heavy atom. The minimum atomic E-state index is -3.67. The maximum Gasteiger partial charge on any atom is 0.261 e. The number of aliphatic hydroxyl groups is 1. The first-order chi connectivity index (χ1) is 5.93. The molecule has 0 saturated heterocycles. The lowest BCUT2D eigenvalue weighted by Crippen LogP contribution is -1.88. The molecule has 0 aliphatic heterocycles. The molecule has 0 radical (unpaired) electrons. The molecule has 0 fully saturated rings. The number of rotatable bonds is 1. The molecule has 1 aromatic heterocycles. The molecule has 0 unspecified atom stereocenters. The average molecular weight is 205 g/mol. The van der Waals surface area contributed by atoms with Gasteiger partial charge in [-0.1, -0.05) is 0 Å². The molecule has 13 heavy (non-hydrogen) atoms.